The Kier molecular flexibility index (Phi) is 3.24. The van der Waals surface area contributed by atoms with Gasteiger partial charge in [-0.3, -0.25) is 10.1 Å². The van der Waals surface area contributed by atoms with Crippen molar-refractivity contribution < 1.29 is 9.31 Å². The number of anilines is 1. The van der Waals surface area contributed by atoms with Crippen molar-refractivity contribution in [2.45, 2.75) is 39.2 Å². The lowest BCUT2D eigenvalue weighted by molar-refractivity contribution is -0.384. The molecule has 0 aromatic heterocycles. The molecule has 18 heavy (non-hydrogen) atoms. The SMILES string of the molecule is CC1(C)CCCC1Nc1ccc(F)cc1[N+](=O)[O-]. The van der Waals surface area contributed by atoms with Gasteiger partial charge in [0.15, 0.2) is 0 Å². The van der Waals surface area contributed by atoms with Gasteiger partial charge in [-0.2, -0.15) is 0 Å². The van der Waals surface area contributed by atoms with E-state index >= 15 is 0 Å². The number of nitrogens with zero attached hydrogens (tertiary/aromatic N) is 1. The van der Waals surface area contributed by atoms with Crippen molar-refractivity contribution >= 4 is 11.4 Å². The Balaban J connectivity index is 2.26. The van der Waals surface area contributed by atoms with Crippen LogP contribution in [0.4, 0.5) is 15.8 Å². The largest absolute Gasteiger partial charge is 0.376 e. The van der Waals surface area contributed by atoms with Crippen LogP contribution in [0.5, 0.6) is 0 Å². The number of halogens is 1. The Labute approximate surface area is 105 Å². The molecule has 5 heteroatoms. The Bertz CT molecular complexity index is 474. The van der Waals surface area contributed by atoms with Gasteiger partial charge in [-0.15, -0.1) is 0 Å². The van der Waals surface area contributed by atoms with E-state index in [-0.39, 0.29) is 17.1 Å². The Hall–Kier alpha value is -1.65. The lowest BCUT2D eigenvalue weighted by Crippen LogP contribution is -2.31. The van der Waals surface area contributed by atoms with Gasteiger partial charge in [0.1, 0.15) is 11.5 Å². The van der Waals surface area contributed by atoms with E-state index in [2.05, 4.69) is 19.2 Å². The third kappa shape index (κ3) is 2.44. The summed E-state index contributed by atoms with van der Waals surface area (Å²) < 4.78 is 13.0. The van der Waals surface area contributed by atoms with Crippen molar-refractivity contribution in [3.8, 4) is 0 Å². The molecule has 0 spiro atoms. The number of rotatable bonds is 3. The molecule has 0 amide bonds. The monoisotopic (exact) mass is 252 g/mol. The van der Waals surface area contributed by atoms with Crippen LogP contribution in [0.2, 0.25) is 0 Å². The smallest absolute Gasteiger partial charge is 0.295 e. The van der Waals surface area contributed by atoms with Crippen LogP contribution in [0, 0.1) is 21.3 Å². The van der Waals surface area contributed by atoms with Crippen molar-refractivity contribution in [1.82, 2.24) is 0 Å². The van der Waals surface area contributed by atoms with Crippen LogP contribution in [-0.2, 0) is 0 Å². The number of nitro groups is 1. The normalized spacial score (nSPS) is 21.8. The molecule has 1 atom stereocenters. The molecule has 1 aliphatic rings. The summed E-state index contributed by atoms with van der Waals surface area (Å²) in [6.07, 6.45) is 3.20. The minimum absolute atomic E-state index is 0.113. The van der Waals surface area contributed by atoms with E-state index in [9.17, 15) is 14.5 Å². The minimum atomic E-state index is -0.585. The Morgan fingerprint density at radius 2 is 2.22 bits per heavy atom. The molecular weight excluding hydrogens is 235 g/mol. The number of nitro benzene ring substituents is 1. The van der Waals surface area contributed by atoms with E-state index in [1.54, 1.807) is 0 Å². The van der Waals surface area contributed by atoms with E-state index in [1.807, 2.05) is 0 Å². The number of nitrogens with one attached hydrogen (secondary N) is 1. The van der Waals surface area contributed by atoms with Crippen molar-refractivity contribution in [3.63, 3.8) is 0 Å². The van der Waals surface area contributed by atoms with Crippen LogP contribution in [0.3, 0.4) is 0 Å². The third-order valence-corrected chi connectivity index (χ3v) is 3.74. The van der Waals surface area contributed by atoms with Gasteiger partial charge in [-0.1, -0.05) is 20.3 Å². The molecule has 0 saturated heterocycles. The molecule has 0 heterocycles. The summed E-state index contributed by atoms with van der Waals surface area (Å²) in [5.74, 6) is -0.585. The maximum Gasteiger partial charge on any atom is 0.295 e. The zero-order valence-corrected chi connectivity index (χ0v) is 10.6. The lowest BCUT2D eigenvalue weighted by atomic mass is 9.87. The molecule has 1 unspecified atom stereocenters. The molecule has 98 valence electrons. The summed E-state index contributed by atoms with van der Waals surface area (Å²) in [5, 5.41) is 14.1. The maximum atomic E-state index is 13.0. The van der Waals surface area contributed by atoms with E-state index in [4.69, 9.17) is 0 Å². The van der Waals surface area contributed by atoms with Crippen LogP contribution in [0.25, 0.3) is 0 Å². The van der Waals surface area contributed by atoms with E-state index in [1.165, 1.54) is 12.1 Å². The standard InChI is InChI=1S/C13H17FN2O2/c1-13(2)7-3-4-12(13)15-10-6-5-9(14)8-11(10)16(17)18/h5-6,8,12,15H,3-4,7H2,1-2H3. The molecule has 2 rings (SSSR count). The van der Waals surface area contributed by atoms with Crippen LogP contribution in [-0.4, -0.2) is 11.0 Å². The topological polar surface area (TPSA) is 55.2 Å². The van der Waals surface area contributed by atoms with E-state index in [0.29, 0.717) is 5.69 Å². The summed E-state index contributed by atoms with van der Waals surface area (Å²) in [6.45, 7) is 4.29. The predicted octanol–water partition coefficient (Wildman–Crippen LogP) is 3.72. The van der Waals surface area contributed by atoms with Crippen molar-refractivity contribution in [2.24, 2.45) is 5.41 Å². The first-order valence-electron chi connectivity index (χ1n) is 6.10. The summed E-state index contributed by atoms with van der Waals surface area (Å²) >= 11 is 0. The fourth-order valence-electron chi connectivity index (χ4n) is 2.56. The molecule has 1 aliphatic carbocycles. The summed E-state index contributed by atoms with van der Waals surface area (Å²) in [7, 11) is 0. The fourth-order valence-corrected chi connectivity index (χ4v) is 2.56. The average molecular weight is 252 g/mol. The first kappa shape index (κ1) is 12.8. The average Bonchev–Trinajstić information content (AvgIpc) is 2.60. The predicted molar refractivity (Wildman–Crippen MR) is 68.1 cm³/mol. The van der Waals surface area contributed by atoms with Gasteiger partial charge in [-0.05, 0) is 30.4 Å². The molecule has 0 aliphatic heterocycles. The molecule has 1 fully saturated rings. The molecular formula is C13H17FN2O2. The number of hydrogen-bond acceptors (Lipinski definition) is 3. The highest BCUT2D eigenvalue weighted by Crippen LogP contribution is 2.40. The quantitative estimate of drug-likeness (QED) is 0.658. The van der Waals surface area contributed by atoms with Crippen LogP contribution in [0.15, 0.2) is 18.2 Å². The molecule has 1 aromatic rings. The fraction of sp³-hybridized carbons (Fsp3) is 0.538. The summed E-state index contributed by atoms with van der Waals surface area (Å²) in [4.78, 5) is 10.4. The van der Waals surface area contributed by atoms with Gasteiger partial charge in [0.2, 0.25) is 0 Å². The minimum Gasteiger partial charge on any atom is -0.376 e. The van der Waals surface area contributed by atoms with Gasteiger partial charge >= 0.3 is 0 Å². The van der Waals surface area contributed by atoms with Crippen LogP contribution < -0.4 is 5.32 Å². The van der Waals surface area contributed by atoms with E-state index < -0.39 is 10.7 Å². The van der Waals surface area contributed by atoms with Gasteiger partial charge in [0.05, 0.1) is 11.0 Å². The second-order valence-electron chi connectivity index (χ2n) is 5.50. The van der Waals surface area contributed by atoms with Crippen LogP contribution in [0.1, 0.15) is 33.1 Å². The highest BCUT2D eigenvalue weighted by atomic mass is 19.1. The van der Waals surface area contributed by atoms with Crippen molar-refractivity contribution in [3.05, 3.63) is 34.1 Å². The van der Waals surface area contributed by atoms with Crippen molar-refractivity contribution in [1.29, 1.82) is 0 Å². The summed E-state index contributed by atoms with van der Waals surface area (Å²) in [6, 6.07) is 3.85. The van der Waals surface area contributed by atoms with Crippen LogP contribution >= 0.6 is 0 Å². The first-order valence-corrected chi connectivity index (χ1v) is 6.10. The van der Waals surface area contributed by atoms with Gasteiger partial charge < -0.3 is 5.32 Å². The molecule has 1 N–H and O–H groups in total. The third-order valence-electron chi connectivity index (χ3n) is 3.74. The molecule has 4 nitrogen and oxygen atoms in total. The second-order valence-corrected chi connectivity index (χ2v) is 5.50. The number of hydrogen-bond donors (Lipinski definition) is 1. The summed E-state index contributed by atoms with van der Waals surface area (Å²) in [5.41, 5.74) is 0.321. The Morgan fingerprint density at radius 1 is 1.50 bits per heavy atom. The van der Waals surface area contributed by atoms with Gasteiger partial charge in [0.25, 0.3) is 5.69 Å². The maximum absolute atomic E-state index is 13.0. The molecule has 1 aromatic carbocycles. The van der Waals surface area contributed by atoms with Crippen molar-refractivity contribution in [2.75, 3.05) is 5.32 Å². The van der Waals surface area contributed by atoms with Gasteiger partial charge in [-0.25, -0.2) is 4.39 Å². The highest BCUT2D eigenvalue weighted by molar-refractivity contribution is 5.62. The zero-order chi connectivity index (χ0) is 13.3. The Morgan fingerprint density at radius 3 is 2.78 bits per heavy atom. The highest BCUT2D eigenvalue weighted by Gasteiger charge is 2.35. The zero-order valence-electron chi connectivity index (χ0n) is 10.6. The molecule has 1 saturated carbocycles. The lowest BCUT2D eigenvalue weighted by Gasteiger charge is -2.28. The second kappa shape index (κ2) is 4.55. The van der Waals surface area contributed by atoms with E-state index in [0.717, 1.165) is 25.3 Å². The first-order chi connectivity index (χ1) is 8.40. The van der Waals surface area contributed by atoms with Gasteiger partial charge in [0, 0.05) is 6.04 Å². The molecule has 0 radical (unpaired) electrons. The number of benzene rings is 1. The molecule has 0 bridgehead atoms.